The minimum absolute atomic E-state index is 0.952. The third-order valence-electron chi connectivity index (χ3n) is 5.46. The lowest BCUT2D eigenvalue weighted by molar-refractivity contribution is 0.389. The van der Waals surface area contributed by atoms with Crippen LogP contribution in [0.5, 0.6) is 0 Å². The lowest BCUT2D eigenvalue weighted by Gasteiger charge is -2.08. The van der Waals surface area contributed by atoms with E-state index in [0.29, 0.717) is 0 Å². The van der Waals surface area contributed by atoms with Gasteiger partial charge in [0.25, 0.3) is 0 Å². The van der Waals surface area contributed by atoms with Gasteiger partial charge in [-0.25, -0.2) is 0 Å². The number of rotatable bonds is 18. The Balaban J connectivity index is 0.000000807. The number of nitrogens with zero attached hydrogens (tertiary/aromatic N) is 1. The predicted molar refractivity (Wildman–Crippen MR) is 137 cm³/mol. The summed E-state index contributed by atoms with van der Waals surface area (Å²) in [5.74, 6) is 0. The molecule has 0 saturated heterocycles. The Morgan fingerprint density at radius 1 is 0.586 bits per heavy atom. The molecule has 0 aromatic heterocycles. The lowest BCUT2D eigenvalue weighted by Crippen LogP contribution is -2.12. The highest BCUT2D eigenvalue weighted by atomic mass is 79.9. The SMILES string of the molecule is BrCc1ccccc1.CCCCCCCCCCCCCCCCCCN(C)C. The second-order valence-electron chi connectivity index (χ2n) is 8.73. The summed E-state index contributed by atoms with van der Waals surface area (Å²) < 4.78 is 0. The van der Waals surface area contributed by atoms with Gasteiger partial charge in [-0.2, -0.15) is 0 Å². The van der Waals surface area contributed by atoms with Gasteiger partial charge in [-0.15, -0.1) is 0 Å². The molecule has 0 saturated carbocycles. The molecule has 0 fully saturated rings. The third-order valence-corrected chi connectivity index (χ3v) is 6.10. The van der Waals surface area contributed by atoms with Gasteiger partial charge in [-0.3, -0.25) is 0 Å². The molecule has 0 unspecified atom stereocenters. The fraction of sp³-hybridized carbons (Fsp3) is 0.778. The van der Waals surface area contributed by atoms with Gasteiger partial charge < -0.3 is 4.90 Å². The molecule has 0 amide bonds. The number of hydrogen-bond donors (Lipinski definition) is 0. The molecule has 29 heavy (non-hydrogen) atoms. The van der Waals surface area contributed by atoms with Gasteiger partial charge in [0.05, 0.1) is 0 Å². The van der Waals surface area contributed by atoms with E-state index in [4.69, 9.17) is 0 Å². The average Bonchev–Trinajstić information content (AvgIpc) is 2.74. The van der Waals surface area contributed by atoms with E-state index in [1.807, 2.05) is 18.2 Å². The van der Waals surface area contributed by atoms with E-state index < -0.39 is 0 Å². The number of hydrogen-bond acceptors (Lipinski definition) is 1. The van der Waals surface area contributed by atoms with Crippen molar-refractivity contribution in [3.63, 3.8) is 0 Å². The van der Waals surface area contributed by atoms with Crippen LogP contribution in [0, 0.1) is 0 Å². The molecular formula is C27H50BrN. The van der Waals surface area contributed by atoms with Gasteiger partial charge >= 0.3 is 0 Å². The Morgan fingerprint density at radius 2 is 0.966 bits per heavy atom. The molecule has 1 aromatic rings. The first-order valence-electron chi connectivity index (χ1n) is 12.4. The van der Waals surface area contributed by atoms with Crippen molar-refractivity contribution in [3.8, 4) is 0 Å². The fourth-order valence-corrected chi connectivity index (χ4v) is 3.92. The Kier molecular flexibility index (Phi) is 23.7. The summed E-state index contributed by atoms with van der Waals surface area (Å²) in [6, 6.07) is 10.3. The molecule has 1 rings (SSSR count). The van der Waals surface area contributed by atoms with Crippen LogP contribution in [0.25, 0.3) is 0 Å². The molecule has 0 aliphatic heterocycles. The minimum Gasteiger partial charge on any atom is -0.309 e. The van der Waals surface area contributed by atoms with Crippen molar-refractivity contribution in [2.75, 3.05) is 20.6 Å². The fourth-order valence-electron chi connectivity index (χ4n) is 3.54. The number of alkyl halides is 1. The minimum atomic E-state index is 0.952. The summed E-state index contributed by atoms with van der Waals surface area (Å²) in [6.45, 7) is 3.56. The molecule has 0 aliphatic carbocycles. The standard InChI is InChI=1S/C20H43N.C7H7Br/c1-4-5-6-7-8-9-10-11-12-13-14-15-16-17-18-19-20-21(2)3;8-6-7-4-2-1-3-5-7/h4-20H2,1-3H3;1-5H,6H2. The second kappa shape index (κ2) is 23.9. The van der Waals surface area contributed by atoms with Crippen LogP contribution in [0.1, 0.15) is 115 Å². The normalized spacial score (nSPS) is 10.8. The molecule has 0 aliphatic rings. The summed E-state index contributed by atoms with van der Waals surface area (Å²) in [5.41, 5.74) is 1.33. The van der Waals surface area contributed by atoms with E-state index in [1.165, 1.54) is 115 Å². The van der Waals surface area contributed by atoms with Gasteiger partial charge in [0.1, 0.15) is 0 Å². The maximum Gasteiger partial charge on any atom is 0.0283 e. The lowest BCUT2D eigenvalue weighted by atomic mass is 10.0. The molecule has 0 N–H and O–H groups in total. The molecule has 1 nitrogen and oxygen atoms in total. The van der Waals surface area contributed by atoms with E-state index in [0.717, 1.165) is 5.33 Å². The van der Waals surface area contributed by atoms with Crippen molar-refractivity contribution in [1.82, 2.24) is 4.90 Å². The van der Waals surface area contributed by atoms with E-state index in [1.54, 1.807) is 0 Å². The van der Waals surface area contributed by atoms with E-state index in [-0.39, 0.29) is 0 Å². The quantitative estimate of drug-likeness (QED) is 0.153. The van der Waals surface area contributed by atoms with Crippen molar-refractivity contribution in [2.24, 2.45) is 0 Å². The smallest absolute Gasteiger partial charge is 0.0283 e. The van der Waals surface area contributed by atoms with Crippen LogP contribution in [-0.2, 0) is 5.33 Å². The first-order chi connectivity index (χ1) is 14.2. The number of benzene rings is 1. The molecule has 0 atom stereocenters. The van der Waals surface area contributed by atoms with Crippen molar-refractivity contribution >= 4 is 15.9 Å². The third kappa shape index (κ3) is 23.8. The first kappa shape index (κ1) is 28.7. The summed E-state index contributed by atoms with van der Waals surface area (Å²) in [5, 5.41) is 0.952. The van der Waals surface area contributed by atoms with Gasteiger partial charge in [-0.05, 0) is 32.6 Å². The zero-order valence-electron chi connectivity index (χ0n) is 19.9. The van der Waals surface area contributed by atoms with E-state index >= 15 is 0 Å². The molecule has 2 heteroatoms. The van der Waals surface area contributed by atoms with Crippen LogP contribution in [-0.4, -0.2) is 25.5 Å². The van der Waals surface area contributed by atoms with Crippen molar-refractivity contribution in [3.05, 3.63) is 35.9 Å². The van der Waals surface area contributed by atoms with Crippen LogP contribution >= 0.6 is 15.9 Å². The molecular weight excluding hydrogens is 418 g/mol. The Bertz CT molecular complexity index is 404. The summed E-state index contributed by atoms with van der Waals surface area (Å²) in [6.07, 6.45) is 23.3. The highest BCUT2D eigenvalue weighted by Gasteiger charge is 1.95. The van der Waals surface area contributed by atoms with Gasteiger partial charge in [0, 0.05) is 5.33 Å². The van der Waals surface area contributed by atoms with E-state index in [2.05, 4.69) is 54.0 Å². The summed E-state index contributed by atoms with van der Waals surface area (Å²) in [4.78, 5) is 2.30. The molecule has 0 radical (unpaired) electrons. The molecule has 170 valence electrons. The van der Waals surface area contributed by atoms with Crippen LogP contribution < -0.4 is 0 Å². The molecule has 0 heterocycles. The van der Waals surface area contributed by atoms with Crippen LogP contribution in [0.15, 0.2) is 30.3 Å². The van der Waals surface area contributed by atoms with E-state index in [9.17, 15) is 0 Å². The Labute approximate surface area is 192 Å². The Morgan fingerprint density at radius 3 is 1.28 bits per heavy atom. The van der Waals surface area contributed by atoms with Crippen molar-refractivity contribution < 1.29 is 0 Å². The summed E-state index contributed by atoms with van der Waals surface area (Å²) >= 11 is 3.36. The van der Waals surface area contributed by atoms with Crippen LogP contribution in [0.2, 0.25) is 0 Å². The maximum atomic E-state index is 3.36. The highest BCUT2D eigenvalue weighted by Crippen LogP contribution is 2.13. The Hall–Kier alpha value is -0.340. The van der Waals surface area contributed by atoms with Crippen molar-refractivity contribution in [1.29, 1.82) is 0 Å². The molecule has 1 aromatic carbocycles. The highest BCUT2D eigenvalue weighted by molar-refractivity contribution is 9.08. The number of unbranched alkanes of at least 4 members (excludes halogenated alkanes) is 15. The largest absolute Gasteiger partial charge is 0.309 e. The molecule has 0 bridgehead atoms. The monoisotopic (exact) mass is 467 g/mol. The van der Waals surface area contributed by atoms with Gasteiger partial charge in [0.15, 0.2) is 0 Å². The zero-order chi connectivity index (χ0) is 21.4. The second-order valence-corrected chi connectivity index (χ2v) is 9.29. The number of halogens is 1. The summed E-state index contributed by atoms with van der Waals surface area (Å²) in [7, 11) is 4.34. The predicted octanol–water partition coefficient (Wildman–Crippen LogP) is 9.39. The zero-order valence-corrected chi connectivity index (χ0v) is 21.5. The molecule has 0 spiro atoms. The van der Waals surface area contributed by atoms with Crippen LogP contribution in [0.4, 0.5) is 0 Å². The van der Waals surface area contributed by atoms with Crippen molar-refractivity contribution in [2.45, 2.75) is 115 Å². The van der Waals surface area contributed by atoms with Gasteiger partial charge in [0.2, 0.25) is 0 Å². The van der Waals surface area contributed by atoms with Crippen LogP contribution in [0.3, 0.4) is 0 Å². The first-order valence-corrected chi connectivity index (χ1v) is 13.6. The van der Waals surface area contributed by atoms with Gasteiger partial charge in [-0.1, -0.05) is 149 Å². The topological polar surface area (TPSA) is 3.24 Å². The average molecular weight is 469 g/mol. The maximum absolute atomic E-state index is 3.36.